The molecule has 2 rings (SSSR count). The lowest BCUT2D eigenvalue weighted by Crippen LogP contribution is -1.92. The molecule has 0 aliphatic rings. The fourth-order valence-electron chi connectivity index (χ4n) is 2.54. The zero-order valence-corrected chi connectivity index (χ0v) is 12.7. The van der Waals surface area contributed by atoms with Gasteiger partial charge in [-0.25, -0.2) is 0 Å². The molecular formula is C17H22S. The van der Waals surface area contributed by atoms with Gasteiger partial charge in [-0.15, -0.1) is 11.3 Å². The topological polar surface area (TPSA) is 0 Å². The highest BCUT2D eigenvalue weighted by atomic mass is 32.1. The Morgan fingerprint density at radius 3 is 2.17 bits per heavy atom. The Kier molecular flexibility index (Phi) is 4.23. The van der Waals surface area contributed by atoms with E-state index >= 15 is 0 Å². The number of benzene rings is 1. The first-order valence-electron chi connectivity index (χ1n) is 6.78. The summed E-state index contributed by atoms with van der Waals surface area (Å²) in [5, 5.41) is 0. The molecule has 0 atom stereocenters. The Morgan fingerprint density at radius 1 is 1.00 bits per heavy atom. The van der Waals surface area contributed by atoms with E-state index in [2.05, 4.69) is 52.0 Å². The molecule has 96 valence electrons. The van der Waals surface area contributed by atoms with Crippen LogP contribution in [0.25, 0.3) is 10.4 Å². The van der Waals surface area contributed by atoms with Crippen LogP contribution in [0.2, 0.25) is 0 Å². The largest absolute Gasteiger partial charge is 0.141 e. The fourth-order valence-corrected chi connectivity index (χ4v) is 3.58. The van der Waals surface area contributed by atoms with Crippen LogP contribution in [0.3, 0.4) is 0 Å². The predicted molar refractivity (Wildman–Crippen MR) is 82.6 cm³/mol. The summed E-state index contributed by atoms with van der Waals surface area (Å²) in [6.45, 7) is 8.91. The monoisotopic (exact) mass is 258 g/mol. The van der Waals surface area contributed by atoms with E-state index in [1.165, 1.54) is 51.3 Å². The zero-order valence-electron chi connectivity index (χ0n) is 11.8. The maximum atomic E-state index is 2.37. The quantitative estimate of drug-likeness (QED) is 0.661. The van der Waals surface area contributed by atoms with E-state index in [1.54, 1.807) is 0 Å². The number of rotatable bonds is 4. The van der Waals surface area contributed by atoms with Crippen LogP contribution in [0.5, 0.6) is 0 Å². The minimum atomic E-state index is 1.21. The normalized spacial score (nSPS) is 10.9. The van der Waals surface area contributed by atoms with E-state index in [9.17, 15) is 0 Å². The first-order valence-corrected chi connectivity index (χ1v) is 7.60. The summed E-state index contributed by atoms with van der Waals surface area (Å²) >= 11 is 1.89. The zero-order chi connectivity index (χ0) is 13.1. The van der Waals surface area contributed by atoms with Crippen molar-refractivity contribution in [1.29, 1.82) is 0 Å². The molecular weight excluding hydrogens is 236 g/mol. The molecule has 0 unspecified atom stereocenters. The molecule has 0 aliphatic heterocycles. The molecule has 0 saturated carbocycles. The molecule has 0 radical (unpaired) electrons. The van der Waals surface area contributed by atoms with Crippen LogP contribution >= 0.6 is 11.3 Å². The molecule has 0 fully saturated rings. The Hall–Kier alpha value is -1.08. The molecule has 1 heterocycles. The highest BCUT2D eigenvalue weighted by Gasteiger charge is 2.09. The third-order valence-electron chi connectivity index (χ3n) is 3.40. The van der Waals surface area contributed by atoms with Gasteiger partial charge in [0.2, 0.25) is 0 Å². The van der Waals surface area contributed by atoms with Gasteiger partial charge in [-0.05, 0) is 68.0 Å². The molecule has 18 heavy (non-hydrogen) atoms. The Labute approximate surface area is 115 Å². The van der Waals surface area contributed by atoms with Gasteiger partial charge >= 0.3 is 0 Å². The fraction of sp³-hybridized carbons (Fsp3) is 0.412. The van der Waals surface area contributed by atoms with Crippen molar-refractivity contribution in [1.82, 2.24) is 0 Å². The number of thiophene rings is 1. The van der Waals surface area contributed by atoms with Crippen molar-refractivity contribution in [3.63, 3.8) is 0 Å². The van der Waals surface area contributed by atoms with Gasteiger partial charge in [-0.3, -0.25) is 0 Å². The van der Waals surface area contributed by atoms with Crippen LogP contribution < -0.4 is 0 Å². The number of aryl methyl sites for hydroxylation is 4. The van der Waals surface area contributed by atoms with Crippen molar-refractivity contribution in [2.24, 2.45) is 0 Å². The molecule has 2 aromatic rings. The molecule has 0 N–H and O–H groups in total. The molecule has 0 amide bonds. The summed E-state index contributed by atoms with van der Waals surface area (Å²) in [6.07, 6.45) is 3.77. The lowest BCUT2D eigenvalue weighted by Gasteiger charge is -2.11. The maximum absolute atomic E-state index is 2.37. The van der Waals surface area contributed by atoms with E-state index in [-0.39, 0.29) is 0 Å². The first kappa shape index (κ1) is 13.4. The summed E-state index contributed by atoms with van der Waals surface area (Å²) in [5.41, 5.74) is 5.77. The summed E-state index contributed by atoms with van der Waals surface area (Å²) in [7, 11) is 0. The molecule has 1 aromatic heterocycles. The van der Waals surface area contributed by atoms with Crippen LogP contribution in [-0.4, -0.2) is 0 Å². The van der Waals surface area contributed by atoms with E-state index in [4.69, 9.17) is 0 Å². The predicted octanol–water partition coefficient (Wildman–Crippen LogP) is 5.68. The second-order valence-corrected chi connectivity index (χ2v) is 6.41. The van der Waals surface area contributed by atoms with Crippen molar-refractivity contribution >= 4 is 11.3 Å². The lowest BCUT2D eigenvalue weighted by molar-refractivity contribution is 0.794. The molecule has 1 aromatic carbocycles. The second kappa shape index (κ2) is 5.71. The van der Waals surface area contributed by atoms with Gasteiger partial charge in [0.25, 0.3) is 0 Å². The van der Waals surface area contributed by atoms with Gasteiger partial charge < -0.3 is 0 Å². The van der Waals surface area contributed by atoms with Gasteiger partial charge in [0, 0.05) is 9.75 Å². The molecule has 0 saturated heterocycles. The summed E-state index contributed by atoms with van der Waals surface area (Å²) in [5.74, 6) is 0. The van der Waals surface area contributed by atoms with Crippen LogP contribution in [0, 0.1) is 20.8 Å². The summed E-state index contributed by atoms with van der Waals surface area (Å²) < 4.78 is 0. The Balaban J connectivity index is 2.38. The highest BCUT2D eigenvalue weighted by molar-refractivity contribution is 7.15. The number of unbranched alkanes of at least 4 members (excludes halogenated alkanes) is 1. The van der Waals surface area contributed by atoms with Crippen molar-refractivity contribution < 1.29 is 0 Å². The second-order valence-electron chi connectivity index (χ2n) is 5.12. The van der Waals surface area contributed by atoms with Crippen LogP contribution in [0.4, 0.5) is 0 Å². The minimum Gasteiger partial charge on any atom is -0.141 e. The Bertz CT molecular complexity index is 511. The first-order chi connectivity index (χ1) is 8.61. The van der Waals surface area contributed by atoms with E-state index in [0.717, 1.165) is 0 Å². The summed E-state index contributed by atoms with van der Waals surface area (Å²) in [6, 6.07) is 9.20. The molecule has 0 spiro atoms. The van der Waals surface area contributed by atoms with E-state index in [0.29, 0.717) is 0 Å². The number of hydrogen-bond acceptors (Lipinski definition) is 1. The van der Waals surface area contributed by atoms with Gasteiger partial charge in [0.1, 0.15) is 0 Å². The molecule has 0 nitrogen and oxygen atoms in total. The summed E-state index contributed by atoms with van der Waals surface area (Å²) in [4.78, 5) is 2.79. The average molecular weight is 258 g/mol. The standard InChI is InChI=1S/C17H22S/c1-5-6-7-15-10-12(2)17(13(3)11-15)16-9-8-14(4)18-16/h8-11H,5-7H2,1-4H3. The maximum Gasteiger partial charge on any atom is 0.0350 e. The third kappa shape index (κ3) is 2.84. The molecule has 1 heteroatoms. The van der Waals surface area contributed by atoms with Crippen LogP contribution in [-0.2, 0) is 6.42 Å². The SMILES string of the molecule is CCCCc1cc(C)c(-c2ccc(C)s2)c(C)c1. The minimum absolute atomic E-state index is 1.21. The lowest BCUT2D eigenvalue weighted by atomic mass is 9.96. The van der Waals surface area contributed by atoms with Gasteiger partial charge in [0.15, 0.2) is 0 Å². The van der Waals surface area contributed by atoms with E-state index in [1.807, 2.05) is 11.3 Å². The smallest absolute Gasteiger partial charge is 0.0350 e. The van der Waals surface area contributed by atoms with E-state index < -0.39 is 0 Å². The molecule has 0 aliphatic carbocycles. The molecule has 0 bridgehead atoms. The van der Waals surface area contributed by atoms with Crippen molar-refractivity contribution in [3.05, 3.63) is 45.8 Å². The van der Waals surface area contributed by atoms with Crippen LogP contribution in [0.1, 0.15) is 41.3 Å². The number of hydrogen-bond donors (Lipinski definition) is 0. The van der Waals surface area contributed by atoms with Crippen LogP contribution in [0.15, 0.2) is 24.3 Å². The Morgan fingerprint density at radius 2 is 1.67 bits per heavy atom. The van der Waals surface area contributed by atoms with Crippen molar-refractivity contribution in [3.8, 4) is 10.4 Å². The third-order valence-corrected chi connectivity index (χ3v) is 4.42. The van der Waals surface area contributed by atoms with Gasteiger partial charge in [-0.1, -0.05) is 25.5 Å². The highest BCUT2D eigenvalue weighted by Crippen LogP contribution is 2.33. The van der Waals surface area contributed by atoms with Gasteiger partial charge in [0.05, 0.1) is 0 Å². The van der Waals surface area contributed by atoms with Gasteiger partial charge in [-0.2, -0.15) is 0 Å². The van der Waals surface area contributed by atoms with Crippen molar-refractivity contribution in [2.75, 3.05) is 0 Å². The average Bonchev–Trinajstić information content (AvgIpc) is 2.72. The van der Waals surface area contributed by atoms with Crippen molar-refractivity contribution in [2.45, 2.75) is 47.0 Å².